The fourth-order valence-electron chi connectivity index (χ4n) is 3.23. The van der Waals surface area contributed by atoms with Crippen molar-refractivity contribution in [2.45, 2.75) is 11.8 Å². The summed E-state index contributed by atoms with van der Waals surface area (Å²) in [5.74, 6) is -1.19. The molecule has 150 valence electrons. The molecule has 1 amide bonds. The van der Waals surface area contributed by atoms with Crippen LogP contribution in [0.5, 0.6) is 0 Å². The van der Waals surface area contributed by atoms with Gasteiger partial charge < -0.3 is 15.1 Å². The zero-order valence-corrected chi connectivity index (χ0v) is 17.6. The van der Waals surface area contributed by atoms with Crippen LogP contribution in [0.2, 0.25) is 5.02 Å². The molecule has 0 saturated carbocycles. The van der Waals surface area contributed by atoms with Crippen LogP contribution in [0.4, 0.5) is 11.4 Å². The highest BCUT2D eigenvalue weighted by molar-refractivity contribution is 7.92. The van der Waals surface area contributed by atoms with Gasteiger partial charge in [-0.05, 0) is 62.0 Å². The van der Waals surface area contributed by atoms with Gasteiger partial charge in [-0.25, -0.2) is 8.42 Å². The van der Waals surface area contributed by atoms with E-state index in [9.17, 15) is 13.2 Å². The first-order valence-corrected chi connectivity index (χ1v) is 11.1. The summed E-state index contributed by atoms with van der Waals surface area (Å²) in [6.45, 7) is 5.94. The summed E-state index contributed by atoms with van der Waals surface area (Å²) in [5.41, 5.74) is 2.77. The van der Waals surface area contributed by atoms with Crippen LogP contribution in [-0.4, -0.2) is 58.2 Å². The van der Waals surface area contributed by atoms with Crippen LogP contribution < -0.4 is 10.2 Å². The van der Waals surface area contributed by atoms with Gasteiger partial charge in [0.15, 0.2) is 9.84 Å². The highest BCUT2D eigenvalue weighted by atomic mass is 35.5. The molecule has 3 rings (SSSR count). The molecule has 8 heteroatoms. The van der Waals surface area contributed by atoms with E-state index < -0.39 is 21.5 Å². The number of benzene rings is 2. The minimum absolute atomic E-state index is 0.0774. The van der Waals surface area contributed by atoms with Crippen LogP contribution in [0, 0.1) is 6.92 Å². The molecular formula is C20H24ClN3O3S. The number of aryl methyl sites for hydroxylation is 1. The van der Waals surface area contributed by atoms with Crippen LogP contribution >= 0.6 is 11.6 Å². The number of anilines is 2. The van der Waals surface area contributed by atoms with Crippen molar-refractivity contribution >= 4 is 38.7 Å². The van der Waals surface area contributed by atoms with E-state index in [0.29, 0.717) is 10.7 Å². The Labute approximate surface area is 171 Å². The van der Waals surface area contributed by atoms with Gasteiger partial charge in [0.1, 0.15) is 5.75 Å². The minimum atomic E-state index is -3.72. The Balaban J connectivity index is 1.65. The molecule has 0 aliphatic carbocycles. The number of hydrogen-bond acceptors (Lipinski definition) is 5. The van der Waals surface area contributed by atoms with E-state index in [-0.39, 0.29) is 4.90 Å². The van der Waals surface area contributed by atoms with Crippen molar-refractivity contribution in [3.63, 3.8) is 0 Å². The Morgan fingerprint density at radius 3 is 2.32 bits per heavy atom. The number of sulfone groups is 1. The van der Waals surface area contributed by atoms with Crippen molar-refractivity contribution in [2.75, 3.05) is 49.2 Å². The van der Waals surface area contributed by atoms with Crippen molar-refractivity contribution in [1.82, 2.24) is 4.90 Å². The molecule has 1 aliphatic rings. The lowest BCUT2D eigenvalue weighted by Crippen LogP contribution is -2.44. The van der Waals surface area contributed by atoms with Crippen molar-refractivity contribution in [3.8, 4) is 0 Å². The largest absolute Gasteiger partial charge is 0.369 e. The number of piperazine rings is 1. The molecule has 1 fully saturated rings. The molecular weight excluding hydrogens is 398 g/mol. The average molecular weight is 422 g/mol. The number of carbonyl (C=O) groups is 1. The van der Waals surface area contributed by atoms with Gasteiger partial charge in [-0.3, -0.25) is 4.79 Å². The predicted octanol–water partition coefficient (Wildman–Crippen LogP) is 2.81. The SMILES string of the molecule is Cc1cc(NC(=O)CS(=O)(=O)c2ccc(Cl)cc2)ccc1N1CCN(C)CC1. The minimum Gasteiger partial charge on any atom is -0.369 e. The fraction of sp³-hybridized carbons (Fsp3) is 0.350. The highest BCUT2D eigenvalue weighted by Gasteiger charge is 2.20. The second-order valence-electron chi connectivity index (χ2n) is 7.05. The Kier molecular flexibility index (Phi) is 6.27. The van der Waals surface area contributed by atoms with E-state index in [2.05, 4.69) is 22.2 Å². The Morgan fingerprint density at radius 2 is 1.71 bits per heavy atom. The second-order valence-corrected chi connectivity index (χ2v) is 9.48. The summed E-state index contributed by atoms with van der Waals surface area (Å²) in [6.07, 6.45) is 0. The molecule has 0 atom stereocenters. The number of likely N-dealkylation sites (N-methyl/N-ethyl adjacent to an activating group) is 1. The van der Waals surface area contributed by atoms with E-state index in [1.807, 2.05) is 25.1 Å². The van der Waals surface area contributed by atoms with Gasteiger partial charge in [0, 0.05) is 42.6 Å². The zero-order valence-electron chi connectivity index (χ0n) is 16.0. The van der Waals surface area contributed by atoms with Crippen LogP contribution in [0.1, 0.15) is 5.56 Å². The second kappa shape index (κ2) is 8.51. The molecule has 1 N–H and O–H groups in total. The highest BCUT2D eigenvalue weighted by Crippen LogP contribution is 2.25. The topological polar surface area (TPSA) is 69.7 Å². The molecule has 1 heterocycles. The summed E-state index contributed by atoms with van der Waals surface area (Å²) < 4.78 is 24.8. The third kappa shape index (κ3) is 5.04. The first-order chi connectivity index (χ1) is 13.2. The summed E-state index contributed by atoms with van der Waals surface area (Å²) in [4.78, 5) is 17.0. The molecule has 28 heavy (non-hydrogen) atoms. The normalized spacial score (nSPS) is 15.5. The number of nitrogens with zero attached hydrogens (tertiary/aromatic N) is 2. The van der Waals surface area contributed by atoms with Crippen LogP contribution in [-0.2, 0) is 14.6 Å². The molecule has 2 aromatic carbocycles. The lowest BCUT2D eigenvalue weighted by Gasteiger charge is -2.35. The van der Waals surface area contributed by atoms with Gasteiger partial charge in [0.05, 0.1) is 4.90 Å². The maximum Gasteiger partial charge on any atom is 0.239 e. The fourth-order valence-corrected chi connectivity index (χ4v) is 4.49. The molecule has 1 saturated heterocycles. The van der Waals surface area contributed by atoms with Gasteiger partial charge in [0.25, 0.3) is 0 Å². The van der Waals surface area contributed by atoms with Crippen LogP contribution in [0.3, 0.4) is 0 Å². The van der Waals surface area contributed by atoms with Crippen molar-refractivity contribution in [3.05, 3.63) is 53.1 Å². The number of rotatable bonds is 5. The third-order valence-electron chi connectivity index (χ3n) is 4.82. The van der Waals surface area contributed by atoms with E-state index in [1.54, 1.807) is 0 Å². The van der Waals surface area contributed by atoms with Gasteiger partial charge in [-0.1, -0.05) is 11.6 Å². The number of amides is 1. The van der Waals surface area contributed by atoms with Crippen molar-refractivity contribution in [1.29, 1.82) is 0 Å². The maximum absolute atomic E-state index is 12.4. The molecule has 1 aliphatic heterocycles. The molecule has 0 spiro atoms. The number of carbonyl (C=O) groups excluding carboxylic acids is 1. The molecule has 0 bridgehead atoms. The standard InChI is InChI=1S/C20H24ClN3O3S/c1-15-13-17(5-8-19(15)24-11-9-23(2)10-12-24)22-20(25)14-28(26,27)18-6-3-16(21)4-7-18/h3-8,13H,9-12,14H2,1-2H3,(H,22,25). The first kappa shape index (κ1) is 20.6. The van der Waals surface area contributed by atoms with E-state index in [0.717, 1.165) is 37.4 Å². The van der Waals surface area contributed by atoms with E-state index >= 15 is 0 Å². The Morgan fingerprint density at radius 1 is 1.07 bits per heavy atom. The molecule has 2 aromatic rings. The summed E-state index contributed by atoms with van der Waals surface area (Å²) in [6, 6.07) is 11.5. The van der Waals surface area contributed by atoms with Crippen LogP contribution in [0.15, 0.2) is 47.4 Å². The van der Waals surface area contributed by atoms with Gasteiger partial charge >= 0.3 is 0 Å². The zero-order chi connectivity index (χ0) is 20.3. The molecule has 0 unspecified atom stereocenters. The van der Waals surface area contributed by atoms with Crippen molar-refractivity contribution in [2.24, 2.45) is 0 Å². The number of hydrogen-bond donors (Lipinski definition) is 1. The quantitative estimate of drug-likeness (QED) is 0.803. The molecule has 6 nitrogen and oxygen atoms in total. The van der Waals surface area contributed by atoms with Crippen molar-refractivity contribution < 1.29 is 13.2 Å². The lowest BCUT2D eigenvalue weighted by molar-refractivity contribution is -0.113. The maximum atomic E-state index is 12.4. The van der Waals surface area contributed by atoms with Crippen LogP contribution in [0.25, 0.3) is 0 Å². The summed E-state index contributed by atoms with van der Waals surface area (Å²) >= 11 is 5.79. The smallest absolute Gasteiger partial charge is 0.239 e. The van der Waals surface area contributed by atoms with Gasteiger partial charge in [-0.15, -0.1) is 0 Å². The molecule has 0 aromatic heterocycles. The monoisotopic (exact) mass is 421 g/mol. The average Bonchev–Trinajstić information content (AvgIpc) is 2.62. The lowest BCUT2D eigenvalue weighted by atomic mass is 10.1. The van der Waals surface area contributed by atoms with E-state index in [4.69, 9.17) is 11.6 Å². The predicted molar refractivity (Wildman–Crippen MR) is 113 cm³/mol. The van der Waals surface area contributed by atoms with Gasteiger partial charge in [-0.2, -0.15) is 0 Å². The molecule has 0 radical (unpaired) electrons. The Bertz CT molecular complexity index is 953. The number of halogens is 1. The Hall–Kier alpha value is -2.09. The van der Waals surface area contributed by atoms with Gasteiger partial charge in [0.2, 0.25) is 5.91 Å². The summed E-state index contributed by atoms with van der Waals surface area (Å²) in [5, 5.41) is 3.13. The summed E-state index contributed by atoms with van der Waals surface area (Å²) in [7, 11) is -1.61. The number of nitrogens with one attached hydrogen (secondary N) is 1. The first-order valence-electron chi connectivity index (χ1n) is 9.07. The van der Waals surface area contributed by atoms with E-state index in [1.165, 1.54) is 24.3 Å². The third-order valence-corrected chi connectivity index (χ3v) is 6.70.